The van der Waals surface area contributed by atoms with E-state index in [4.69, 9.17) is 0 Å². The van der Waals surface area contributed by atoms with E-state index in [9.17, 15) is 5.11 Å². The summed E-state index contributed by atoms with van der Waals surface area (Å²) in [5.74, 6) is 0. The van der Waals surface area contributed by atoms with E-state index in [0.717, 1.165) is 6.54 Å². The first kappa shape index (κ1) is 11.0. The van der Waals surface area contributed by atoms with Crippen LogP contribution in [0, 0.1) is 5.41 Å². The molecule has 0 saturated carbocycles. The first-order valence-electron chi connectivity index (χ1n) is 5.35. The van der Waals surface area contributed by atoms with Crippen molar-refractivity contribution in [1.29, 1.82) is 0 Å². The number of aliphatic hydroxyl groups excluding tert-OH is 1. The number of hydrogen-bond acceptors (Lipinski definition) is 2. The summed E-state index contributed by atoms with van der Waals surface area (Å²) >= 11 is 0. The highest BCUT2D eigenvalue weighted by Gasteiger charge is 2.30. The van der Waals surface area contributed by atoms with Crippen LogP contribution in [0.15, 0.2) is 0 Å². The normalized spacial score (nSPS) is 27.9. The molecule has 2 nitrogen and oxygen atoms in total. The summed E-state index contributed by atoms with van der Waals surface area (Å²) in [6.45, 7) is 10.7. The van der Waals surface area contributed by atoms with Crippen LogP contribution in [0.1, 0.15) is 40.5 Å². The highest BCUT2D eigenvalue weighted by atomic mass is 16.3. The quantitative estimate of drug-likeness (QED) is 0.725. The Morgan fingerprint density at radius 3 is 2.54 bits per heavy atom. The molecule has 2 heteroatoms. The molecular formula is C11H23NO. The molecule has 0 amide bonds. The Kier molecular flexibility index (Phi) is 3.36. The van der Waals surface area contributed by atoms with Gasteiger partial charge in [0, 0.05) is 18.0 Å². The van der Waals surface area contributed by atoms with Crippen LogP contribution in [0.3, 0.4) is 0 Å². The summed E-state index contributed by atoms with van der Waals surface area (Å²) in [5, 5.41) is 9.60. The third-order valence-electron chi connectivity index (χ3n) is 3.43. The van der Waals surface area contributed by atoms with Crippen molar-refractivity contribution in [3.8, 4) is 0 Å². The van der Waals surface area contributed by atoms with E-state index in [0.29, 0.717) is 6.04 Å². The van der Waals surface area contributed by atoms with Gasteiger partial charge < -0.3 is 10.0 Å². The summed E-state index contributed by atoms with van der Waals surface area (Å²) in [7, 11) is 0. The van der Waals surface area contributed by atoms with E-state index in [1.807, 2.05) is 6.92 Å². The minimum Gasteiger partial charge on any atom is -0.393 e. The molecule has 0 aromatic rings. The second-order valence-electron chi connectivity index (χ2n) is 5.13. The largest absolute Gasteiger partial charge is 0.393 e. The Balaban J connectivity index is 2.47. The molecule has 0 aromatic carbocycles. The van der Waals surface area contributed by atoms with Crippen molar-refractivity contribution in [3.63, 3.8) is 0 Å². The van der Waals surface area contributed by atoms with E-state index in [1.54, 1.807) is 0 Å². The van der Waals surface area contributed by atoms with E-state index in [1.165, 1.54) is 19.4 Å². The number of aliphatic hydroxyl groups is 1. The van der Waals surface area contributed by atoms with Gasteiger partial charge in [0.05, 0.1) is 6.10 Å². The highest BCUT2D eigenvalue weighted by molar-refractivity contribution is 4.84. The lowest BCUT2D eigenvalue weighted by molar-refractivity contribution is 0.0328. The van der Waals surface area contributed by atoms with E-state index in [-0.39, 0.29) is 11.5 Å². The zero-order chi connectivity index (χ0) is 10.1. The van der Waals surface area contributed by atoms with Gasteiger partial charge in [-0.25, -0.2) is 0 Å². The van der Waals surface area contributed by atoms with E-state index < -0.39 is 0 Å². The van der Waals surface area contributed by atoms with Crippen molar-refractivity contribution in [2.75, 3.05) is 13.1 Å². The van der Waals surface area contributed by atoms with Crippen LogP contribution in [0.5, 0.6) is 0 Å². The molecule has 78 valence electrons. The Morgan fingerprint density at radius 1 is 1.54 bits per heavy atom. The van der Waals surface area contributed by atoms with Crippen LogP contribution in [0.25, 0.3) is 0 Å². The van der Waals surface area contributed by atoms with Gasteiger partial charge in [0.2, 0.25) is 0 Å². The van der Waals surface area contributed by atoms with Gasteiger partial charge in [-0.05, 0) is 33.2 Å². The van der Waals surface area contributed by atoms with Gasteiger partial charge in [0.15, 0.2) is 0 Å². The maximum atomic E-state index is 9.60. The molecule has 1 aliphatic rings. The van der Waals surface area contributed by atoms with Gasteiger partial charge in [-0.1, -0.05) is 13.8 Å². The lowest BCUT2D eigenvalue weighted by Crippen LogP contribution is -2.41. The molecule has 1 heterocycles. The predicted octanol–water partition coefficient (Wildman–Crippen LogP) is 1.88. The zero-order valence-electron chi connectivity index (χ0n) is 9.38. The van der Waals surface area contributed by atoms with Crippen LogP contribution in [-0.2, 0) is 0 Å². The Bertz CT molecular complexity index is 165. The first-order valence-corrected chi connectivity index (χ1v) is 5.35. The van der Waals surface area contributed by atoms with Gasteiger partial charge in [-0.15, -0.1) is 0 Å². The summed E-state index contributed by atoms with van der Waals surface area (Å²) < 4.78 is 0. The van der Waals surface area contributed by atoms with Crippen molar-refractivity contribution < 1.29 is 5.11 Å². The molecule has 0 spiro atoms. The summed E-state index contributed by atoms with van der Waals surface area (Å²) in [6, 6.07) is 0.707. The van der Waals surface area contributed by atoms with Crippen LogP contribution in [0.2, 0.25) is 0 Å². The molecule has 1 aliphatic heterocycles. The molecule has 2 unspecified atom stereocenters. The molecule has 13 heavy (non-hydrogen) atoms. The lowest BCUT2D eigenvalue weighted by Gasteiger charge is -2.34. The molecule has 0 aromatic heterocycles. The molecule has 2 atom stereocenters. The van der Waals surface area contributed by atoms with Crippen molar-refractivity contribution in [1.82, 2.24) is 4.90 Å². The lowest BCUT2D eigenvalue weighted by atomic mass is 9.87. The van der Waals surface area contributed by atoms with Gasteiger partial charge in [0.25, 0.3) is 0 Å². The summed E-state index contributed by atoms with van der Waals surface area (Å²) in [4.78, 5) is 2.49. The standard InChI is InChI=1S/C11H23NO/c1-9-6-5-7-12(9)8-11(3,4)10(2)13/h9-10,13H,5-8H2,1-4H3. The Labute approximate surface area is 81.9 Å². The molecule has 0 bridgehead atoms. The first-order chi connectivity index (χ1) is 5.93. The molecule has 1 rings (SSSR count). The topological polar surface area (TPSA) is 23.5 Å². The van der Waals surface area contributed by atoms with Crippen molar-refractivity contribution in [2.24, 2.45) is 5.41 Å². The van der Waals surface area contributed by atoms with Gasteiger partial charge in [-0.3, -0.25) is 0 Å². The Hall–Kier alpha value is -0.0800. The number of likely N-dealkylation sites (tertiary alicyclic amines) is 1. The van der Waals surface area contributed by atoms with E-state index in [2.05, 4.69) is 25.7 Å². The zero-order valence-corrected chi connectivity index (χ0v) is 9.38. The van der Waals surface area contributed by atoms with Crippen LogP contribution < -0.4 is 0 Å². The fourth-order valence-electron chi connectivity index (χ4n) is 1.88. The van der Waals surface area contributed by atoms with Crippen molar-refractivity contribution in [3.05, 3.63) is 0 Å². The van der Waals surface area contributed by atoms with Gasteiger partial charge >= 0.3 is 0 Å². The number of rotatable bonds is 3. The number of hydrogen-bond donors (Lipinski definition) is 1. The van der Waals surface area contributed by atoms with Crippen LogP contribution in [0.4, 0.5) is 0 Å². The maximum Gasteiger partial charge on any atom is 0.0575 e. The molecule has 0 aliphatic carbocycles. The van der Waals surface area contributed by atoms with Crippen LogP contribution in [-0.4, -0.2) is 35.2 Å². The Morgan fingerprint density at radius 2 is 2.15 bits per heavy atom. The second-order valence-corrected chi connectivity index (χ2v) is 5.13. The van der Waals surface area contributed by atoms with Crippen molar-refractivity contribution in [2.45, 2.75) is 52.7 Å². The predicted molar refractivity (Wildman–Crippen MR) is 55.7 cm³/mol. The molecular weight excluding hydrogens is 162 g/mol. The average Bonchev–Trinajstić information content (AvgIpc) is 2.35. The monoisotopic (exact) mass is 185 g/mol. The van der Waals surface area contributed by atoms with Gasteiger partial charge in [-0.2, -0.15) is 0 Å². The van der Waals surface area contributed by atoms with Crippen molar-refractivity contribution >= 4 is 0 Å². The molecule has 1 saturated heterocycles. The third kappa shape index (κ3) is 2.68. The fraction of sp³-hybridized carbons (Fsp3) is 1.00. The van der Waals surface area contributed by atoms with Gasteiger partial charge in [0.1, 0.15) is 0 Å². The molecule has 1 N–H and O–H groups in total. The minimum absolute atomic E-state index is 0.0264. The van der Waals surface area contributed by atoms with E-state index >= 15 is 0 Å². The fourth-order valence-corrected chi connectivity index (χ4v) is 1.88. The van der Waals surface area contributed by atoms with Crippen LogP contribution >= 0.6 is 0 Å². The second kappa shape index (κ2) is 3.97. The minimum atomic E-state index is -0.222. The highest BCUT2D eigenvalue weighted by Crippen LogP contribution is 2.26. The molecule has 0 radical (unpaired) electrons. The average molecular weight is 185 g/mol. The number of nitrogens with zero attached hydrogens (tertiary/aromatic N) is 1. The summed E-state index contributed by atoms with van der Waals surface area (Å²) in [6.07, 6.45) is 2.41. The SMILES string of the molecule is CC1CCCN1CC(C)(C)C(C)O. The summed E-state index contributed by atoms with van der Waals surface area (Å²) in [5.41, 5.74) is 0.0264. The third-order valence-corrected chi connectivity index (χ3v) is 3.43. The molecule has 1 fully saturated rings. The smallest absolute Gasteiger partial charge is 0.0575 e. The maximum absolute atomic E-state index is 9.60.